The number of nitrogens with one attached hydrogen (secondary N) is 1. The maximum absolute atomic E-state index is 12.1. The van der Waals surface area contributed by atoms with E-state index in [9.17, 15) is 13.2 Å². The van der Waals surface area contributed by atoms with E-state index in [-0.39, 0.29) is 17.0 Å². The highest BCUT2D eigenvalue weighted by Crippen LogP contribution is 2.34. The quantitative estimate of drug-likeness (QED) is 0.817. The van der Waals surface area contributed by atoms with E-state index in [1.165, 1.54) is 12.1 Å². The van der Waals surface area contributed by atoms with E-state index in [1.807, 2.05) is 0 Å². The Morgan fingerprint density at radius 1 is 1.47 bits per heavy atom. The van der Waals surface area contributed by atoms with E-state index < -0.39 is 15.9 Å². The minimum absolute atomic E-state index is 0.0149. The first-order chi connectivity index (χ1) is 8.04. The standard InChI is InChI=1S/C11H12N2O3S/c1-3-7-13-11(14)10-8(12-2)5-4-6-9(10)17(13,15)16/h3-6,12H,1,7H2,2H3. The van der Waals surface area contributed by atoms with E-state index in [2.05, 4.69) is 11.9 Å². The highest BCUT2D eigenvalue weighted by Gasteiger charge is 2.41. The largest absolute Gasteiger partial charge is 0.387 e. The first kappa shape index (κ1) is 11.7. The molecule has 17 heavy (non-hydrogen) atoms. The molecular weight excluding hydrogens is 240 g/mol. The Kier molecular flexibility index (Phi) is 2.66. The average Bonchev–Trinajstić information content (AvgIpc) is 2.51. The Bertz CT molecular complexity index is 593. The van der Waals surface area contributed by atoms with Crippen LogP contribution < -0.4 is 5.32 Å². The van der Waals surface area contributed by atoms with Crippen molar-refractivity contribution >= 4 is 21.6 Å². The highest BCUT2D eigenvalue weighted by atomic mass is 32.2. The lowest BCUT2D eigenvalue weighted by atomic mass is 10.1. The molecule has 1 aromatic rings. The molecule has 0 bridgehead atoms. The molecule has 0 saturated heterocycles. The summed E-state index contributed by atoms with van der Waals surface area (Å²) in [6.07, 6.45) is 1.39. The number of sulfonamides is 1. The molecule has 0 unspecified atom stereocenters. The second kappa shape index (κ2) is 3.89. The molecule has 2 rings (SSSR count). The van der Waals surface area contributed by atoms with Crippen LogP contribution in [-0.4, -0.2) is 32.2 Å². The van der Waals surface area contributed by atoms with Gasteiger partial charge in [-0.1, -0.05) is 12.1 Å². The Morgan fingerprint density at radius 3 is 2.76 bits per heavy atom. The summed E-state index contributed by atoms with van der Waals surface area (Å²) in [5, 5.41) is 2.82. The smallest absolute Gasteiger partial charge is 0.271 e. The fourth-order valence-corrected chi connectivity index (χ4v) is 3.38. The van der Waals surface area contributed by atoms with E-state index in [0.29, 0.717) is 5.69 Å². The van der Waals surface area contributed by atoms with E-state index in [1.54, 1.807) is 19.2 Å². The zero-order valence-corrected chi connectivity index (χ0v) is 10.1. The number of amides is 1. The van der Waals surface area contributed by atoms with Crippen molar-refractivity contribution in [2.45, 2.75) is 4.90 Å². The van der Waals surface area contributed by atoms with Crippen LogP contribution in [0.3, 0.4) is 0 Å². The molecule has 0 radical (unpaired) electrons. The van der Waals surface area contributed by atoms with Crippen LogP contribution >= 0.6 is 0 Å². The maximum Gasteiger partial charge on any atom is 0.271 e. The van der Waals surface area contributed by atoms with Crippen molar-refractivity contribution in [1.82, 2.24) is 4.31 Å². The topological polar surface area (TPSA) is 66.5 Å². The van der Waals surface area contributed by atoms with E-state index >= 15 is 0 Å². The number of benzene rings is 1. The Morgan fingerprint density at radius 2 is 2.18 bits per heavy atom. The van der Waals surface area contributed by atoms with Gasteiger partial charge in [-0.3, -0.25) is 4.79 Å². The zero-order valence-electron chi connectivity index (χ0n) is 9.30. The summed E-state index contributed by atoms with van der Waals surface area (Å²) in [5.41, 5.74) is 0.722. The molecule has 1 amide bonds. The summed E-state index contributed by atoms with van der Waals surface area (Å²) < 4.78 is 25.0. The van der Waals surface area contributed by atoms with Gasteiger partial charge in [-0.05, 0) is 12.1 Å². The van der Waals surface area contributed by atoms with E-state index in [4.69, 9.17) is 0 Å². The molecule has 1 aliphatic heterocycles. The molecule has 0 saturated carbocycles. The number of hydrogen-bond acceptors (Lipinski definition) is 4. The maximum atomic E-state index is 12.1. The summed E-state index contributed by atoms with van der Waals surface area (Å²) >= 11 is 0. The number of hydrogen-bond donors (Lipinski definition) is 1. The van der Waals surface area contributed by atoms with Crippen LogP contribution in [0.25, 0.3) is 0 Å². The van der Waals surface area contributed by atoms with Gasteiger partial charge >= 0.3 is 0 Å². The number of anilines is 1. The van der Waals surface area contributed by atoms with Crippen LogP contribution in [0.4, 0.5) is 5.69 Å². The minimum Gasteiger partial charge on any atom is -0.387 e. The minimum atomic E-state index is -3.72. The van der Waals surface area contributed by atoms with Gasteiger partial charge in [0.2, 0.25) is 0 Å². The normalized spacial score (nSPS) is 16.8. The van der Waals surface area contributed by atoms with Crippen molar-refractivity contribution in [1.29, 1.82) is 0 Å². The predicted molar refractivity (Wildman–Crippen MR) is 64.4 cm³/mol. The van der Waals surface area contributed by atoms with Gasteiger partial charge in [0.25, 0.3) is 15.9 Å². The third-order valence-electron chi connectivity index (χ3n) is 2.60. The van der Waals surface area contributed by atoms with Crippen LogP contribution in [-0.2, 0) is 10.0 Å². The molecule has 6 heteroatoms. The van der Waals surface area contributed by atoms with Gasteiger partial charge in [0.1, 0.15) is 4.90 Å². The van der Waals surface area contributed by atoms with Crippen LogP contribution in [0.5, 0.6) is 0 Å². The molecule has 0 atom stereocenters. The summed E-state index contributed by atoms with van der Waals surface area (Å²) in [7, 11) is -2.07. The molecule has 90 valence electrons. The molecule has 1 aromatic carbocycles. The second-order valence-corrected chi connectivity index (χ2v) is 5.39. The molecule has 1 heterocycles. The molecule has 1 N–H and O–H groups in total. The lowest BCUT2D eigenvalue weighted by Gasteiger charge is -2.11. The molecule has 1 aliphatic rings. The fourth-order valence-electron chi connectivity index (χ4n) is 1.83. The first-order valence-corrected chi connectivity index (χ1v) is 6.46. The number of carbonyl (C=O) groups excluding carboxylic acids is 1. The summed E-state index contributed by atoms with van der Waals surface area (Å²) in [6, 6.07) is 4.71. The van der Waals surface area contributed by atoms with Gasteiger partial charge in [0, 0.05) is 12.7 Å². The lowest BCUT2D eigenvalue weighted by molar-refractivity contribution is 0.0881. The van der Waals surface area contributed by atoms with Gasteiger partial charge in [-0.15, -0.1) is 6.58 Å². The van der Waals surface area contributed by atoms with Crippen molar-refractivity contribution in [3.63, 3.8) is 0 Å². The molecule has 0 aliphatic carbocycles. The molecular formula is C11H12N2O3S. The van der Waals surface area contributed by atoms with Gasteiger partial charge in [-0.2, -0.15) is 0 Å². The van der Waals surface area contributed by atoms with Gasteiger partial charge < -0.3 is 5.32 Å². The van der Waals surface area contributed by atoms with Crippen molar-refractivity contribution in [3.05, 3.63) is 36.4 Å². The number of rotatable bonds is 3. The third-order valence-corrected chi connectivity index (χ3v) is 4.39. The fraction of sp³-hybridized carbons (Fsp3) is 0.182. The number of fused-ring (bicyclic) bond motifs is 1. The highest BCUT2D eigenvalue weighted by molar-refractivity contribution is 7.90. The Balaban J connectivity index is 2.70. The van der Waals surface area contributed by atoms with Gasteiger partial charge in [0.15, 0.2) is 0 Å². The van der Waals surface area contributed by atoms with Crippen molar-refractivity contribution in [2.75, 3.05) is 18.9 Å². The van der Waals surface area contributed by atoms with Gasteiger partial charge in [-0.25, -0.2) is 12.7 Å². The van der Waals surface area contributed by atoms with Crippen molar-refractivity contribution < 1.29 is 13.2 Å². The summed E-state index contributed by atoms with van der Waals surface area (Å²) in [4.78, 5) is 12.1. The van der Waals surface area contributed by atoms with Crippen LogP contribution in [0.2, 0.25) is 0 Å². The zero-order chi connectivity index (χ0) is 12.6. The predicted octanol–water partition coefficient (Wildman–Crippen LogP) is 1.06. The molecule has 5 nitrogen and oxygen atoms in total. The monoisotopic (exact) mass is 252 g/mol. The first-order valence-electron chi connectivity index (χ1n) is 5.02. The molecule has 0 aromatic heterocycles. The van der Waals surface area contributed by atoms with Crippen LogP contribution in [0.15, 0.2) is 35.7 Å². The molecule has 0 fully saturated rings. The van der Waals surface area contributed by atoms with Crippen LogP contribution in [0, 0.1) is 0 Å². The lowest BCUT2D eigenvalue weighted by Crippen LogP contribution is -2.30. The van der Waals surface area contributed by atoms with Crippen molar-refractivity contribution in [2.24, 2.45) is 0 Å². The summed E-state index contributed by atoms with van der Waals surface area (Å²) in [6.45, 7) is 3.44. The van der Waals surface area contributed by atoms with Gasteiger partial charge in [0.05, 0.1) is 12.1 Å². The SMILES string of the molecule is C=CCN1C(=O)c2c(NC)cccc2S1(=O)=O. The van der Waals surface area contributed by atoms with E-state index in [0.717, 1.165) is 4.31 Å². The number of nitrogens with zero attached hydrogens (tertiary/aromatic N) is 1. The average molecular weight is 252 g/mol. The third kappa shape index (κ3) is 1.52. The number of carbonyl (C=O) groups is 1. The Labute approximate surface area is 99.8 Å². The Hall–Kier alpha value is -1.82. The molecule has 0 spiro atoms. The second-order valence-electron chi connectivity index (χ2n) is 3.56. The van der Waals surface area contributed by atoms with Crippen molar-refractivity contribution in [3.8, 4) is 0 Å². The van der Waals surface area contributed by atoms with Crippen LogP contribution in [0.1, 0.15) is 10.4 Å². The summed E-state index contributed by atoms with van der Waals surface area (Å²) in [5.74, 6) is -0.509.